The molecule has 0 heterocycles. The monoisotopic (exact) mass is 524 g/mol. The summed E-state index contributed by atoms with van der Waals surface area (Å²) in [7, 11) is 5.19. The van der Waals surface area contributed by atoms with Crippen LogP contribution in [0.4, 0.5) is 8.78 Å². The molecule has 0 saturated heterocycles. The summed E-state index contributed by atoms with van der Waals surface area (Å²) in [6, 6.07) is 5.06. The van der Waals surface area contributed by atoms with Gasteiger partial charge in [0.25, 0.3) is 0 Å². The van der Waals surface area contributed by atoms with Crippen LogP contribution < -0.4 is 15.4 Å². The second kappa shape index (κ2) is 11.5. The lowest BCUT2D eigenvalue weighted by molar-refractivity contribution is -0.138. The van der Waals surface area contributed by atoms with Gasteiger partial charge in [0, 0.05) is 39.8 Å². The number of ether oxygens (including phenoxy) is 1. The minimum atomic E-state index is -2.88. The molecule has 1 aromatic carbocycles. The number of nitrogens with one attached hydrogen (secondary N) is 2. The highest BCUT2D eigenvalue weighted by Crippen LogP contribution is 2.38. The number of hydrogen-bond acceptors (Lipinski definition) is 3. The number of guanidine groups is 1. The molecule has 9 heteroatoms. The van der Waals surface area contributed by atoms with Crippen molar-refractivity contribution in [3.8, 4) is 5.75 Å². The highest BCUT2D eigenvalue weighted by Gasteiger charge is 2.42. The molecule has 2 N–H and O–H groups in total. The van der Waals surface area contributed by atoms with E-state index in [9.17, 15) is 13.6 Å². The van der Waals surface area contributed by atoms with Crippen molar-refractivity contribution in [1.82, 2.24) is 15.5 Å². The Morgan fingerprint density at radius 1 is 1.28 bits per heavy atom. The Morgan fingerprint density at radius 3 is 2.48 bits per heavy atom. The zero-order valence-corrected chi connectivity index (χ0v) is 19.8. The van der Waals surface area contributed by atoms with Gasteiger partial charge in [-0.25, -0.2) is 0 Å². The third-order valence-electron chi connectivity index (χ3n) is 5.12. The van der Waals surface area contributed by atoms with Gasteiger partial charge in [0.15, 0.2) is 5.96 Å². The Balaban J connectivity index is 0.00000420. The molecule has 1 saturated carbocycles. The first-order valence-corrected chi connectivity index (χ1v) is 9.48. The molecule has 0 aromatic heterocycles. The third kappa shape index (κ3) is 6.97. The molecule has 0 aliphatic heterocycles. The Hall–Kier alpha value is -1.65. The molecule has 1 fully saturated rings. The van der Waals surface area contributed by atoms with E-state index in [2.05, 4.69) is 20.4 Å². The average molecular weight is 524 g/mol. The minimum absolute atomic E-state index is 0. The smallest absolute Gasteiger partial charge is 0.387 e. The summed E-state index contributed by atoms with van der Waals surface area (Å²) in [4.78, 5) is 18.5. The number of aryl methyl sites for hydroxylation is 1. The fraction of sp³-hybridized carbons (Fsp3) is 0.600. The van der Waals surface area contributed by atoms with E-state index in [-0.39, 0.29) is 42.2 Å². The van der Waals surface area contributed by atoms with Crippen molar-refractivity contribution < 1.29 is 18.3 Å². The standard InChI is InChI=1S/C20H30F2N4O2.HI/c1-14-7-8-16(28-18(21)22)15(11-14)12-24-19(23-2)25-13-20(9-5-6-10-20)17(27)26(3)4;/h7-8,11,18H,5-6,9-10,12-13H2,1-4H3,(H2,23,24,25);1H. The van der Waals surface area contributed by atoms with Crippen LogP contribution in [0.1, 0.15) is 36.8 Å². The zero-order valence-electron chi connectivity index (χ0n) is 17.4. The van der Waals surface area contributed by atoms with Gasteiger partial charge in [-0.2, -0.15) is 8.78 Å². The quantitative estimate of drug-likeness (QED) is 0.326. The lowest BCUT2D eigenvalue weighted by Crippen LogP contribution is -2.49. The van der Waals surface area contributed by atoms with Gasteiger partial charge in [-0.3, -0.25) is 9.79 Å². The first-order chi connectivity index (χ1) is 13.3. The summed E-state index contributed by atoms with van der Waals surface area (Å²) in [6.07, 6.45) is 3.76. The maximum atomic E-state index is 12.7. The average Bonchev–Trinajstić information content (AvgIpc) is 3.12. The molecule has 1 aliphatic rings. The maximum absolute atomic E-state index is 12.7. The van der Waals surface area contributed by atoms with Crippen LogP contribution in [-0.2, 0) is 11.3 Å². The zero-order chi connectivity index (χ0) is 20.7. The van der Waals surface area contributed by atoms with Crippen LogP contribution in [0.15, 0.2) is 23.2 Å². The molecule has 29 heavy (non-hydrogen) atoms. The van der Waals surface area contributed by atoms with Gasteiger partial charge in [0.05, 0.1) is 5.41 Å². The maximum Gasteiger partial charge on any atom is 0.387 e. The molecule has 1 aromatic rings. The van der Waals surface area contributed by atoms with E-state index in [1.54, 1.807) is 38.2 Å². The Kier molecular flexibility index (Phi) is 10.1. The molecule has 1 amide bonds. The van der Waals surface area contributed by atoms with E-state index in [0.717, 1.165) is 31.2 Å². The largest absolute Gasteiger partial charge is 0.434 e. The highest BCUT2D eigenvalue weighted by atomic mass is 127. The van der Waals surface area contributed by atoms with E-state index in [1.165, 1.54) is 6.07 Å². The fourth-order valence-electron chi connectivity index (χ4n) is 3.70. The number of nitrogens with zero attached hydrogens (tertiary/aromatic N) is 2. The van der Waals surface area contributed by atoms with E-state index in [1.807, 2.05) is 6.92 Å². The number of rotatable bonds is 7. The number of hydrogen-bond donors (Lipinski definition) is 2. The van der Waals surface area contributed by atoms with Gasteiger partial charge in [-0.05, 0) is 25.8 Å². The molecule has 2 rings (SSSR count). The van der Waals surface area contributed by atoms with Gasteiger partial charge >= 0.3 is 6.61 Å². The van der Waals surface area contributed by atoms with Crippen molar-refractivity contribution in [2.45, 2.75) is 45.8 Å². The number of carbonyl (C=O) groups excluding carboxylic acids is 1. The number of alkyl halides is 2. The van der Waals surface area contributed by atoms with E-state index in [0.29, 0.717) is 18.1 Å². The summed E-state index contributed by atoms with van der Waals surface area (Å²) < 4.78 is 29.9. The third-order valence-corrected chi connectivity index (χ3v) is 5.12. The van der Waals surface area contributed by atoms with Gasteiger partial charge in [-0.15, -0.1) is 24.0 Å². The summed E-state index contributed by atoms with van der Waals surface area (Å²) in [6.45, 7) is -0.229. The van der Waals surface area contributed by atoms with Gasteiger partial charge in [0.2, 0.25) is 5.91 Å². The number of aliphatic imine (C=N–C) groups is 1. The van der Waals surface area contributed by atoms with E-state index < -0.39 is 12.0 Å². The van der Waals surface area contributed by atoms with Gasteiger partial charge in [0.1, 0.15) is 5.75 Å². The lowest BCUT2D eigenvalue weighted by atomic mass is 9.84. The Labute approximate surface area is 188 Å². The normalized spacial score (nSPS) is 15.6. The Morgan fingerprint density at radius 2 is 1.93 bits per heavy atom. The van der Waals surface area contributed by atoms with E-state index in [4.69, 9.17) is 0 Å². The van der Waals surface area contributed by atoms with Crippen molar-refractivity contribution in [2.75, 3.05) is 27.7 Å². The number of benzene rings is 1. The van der Waals surface area contributed by atoms with Crippen LogP contribution in [-0.4, -0.2) is 51.1 Å². The predicted octanol–water partition coefficient (Wildman–Crippen LogP) is 3.53. The molecule has 0 unspecified atom stereocenters. The van der Waals surface area contributed by atoms with Crippen molar-refractivity contribution in [1.29, 1.82) is 0 Å². The summed E-state index contributed by atoms with van der Waals surface area (Å²) >= 11 is 0. The molecule has 0 bridgehead atoms. The second-order valence-electron chi connectivity index (χ2n) is 7.46. The fourth-order valence-corrected chi connectivity index (χ4v) is 3.70. The van der Waals surface area contributed by atoms with Crippen LogP contribution in [0.2, 0.25) is 0 Å². The summed E-state index contributed by atoms with van der Waals surface area (Å²) in [5, 5.41) is 6.36. The van der Waals surface area contributed by atoms with Gasteiger partial charge in [-0.1, -0.05) is 30.5 Å². The molecule has 164 valence electrons. The molecular weight excluding hydrogens is 493 g/mol. The molecule has 1 aliphatic carbocycles. The SMILES string of the molecule is CN=C(NCc1cc(C)ccc1OC(F)F)NCC1(C(=O)N(C)C)CCCC1.I. The van der Waals surface area contributed by atoms with Crippen molar-refractivity contribution >= 4 is 35.8 Å². The topological polar surface area (TPSA) is 66.0 Å². The minimum Gasteiger partial charge on any atom is -0.434 e. The van der Waals surface area contributed by atoms with Crippen LogP contribution >= 0.6 is 24.0 Å². The van der Waals surface area contributed by atoms with Crippen LogP contribution in [0, 0.1) is 12.3 Å². The highest BCUT2D eigenvalue weighted by molar-refractivity contribution is 14.0. The van der Waals surface area contributed by atoms with Crippen LogP contribution in [0.3, 0.4) is 0 Å². The van der Waals surface area contributed by atoms with Crippen LogP contribution in [0.25, 0.3) is 0 Å². The Bertz CT molecular complexity index is 708. The summed E-state index contributed by atoms with van der Waals surface area (Å²) in [5.41, 5.74) is 1.14. The number of halogens is 3. The van der Waals surface area contributed by atoms with Crippen molar-refractivity contribution in [3.63, 3.8) is 0 Å². The molecule has 0 atom stereocenters. The summed E-state index contributed by atoms with van der Waals surface area (Å²) in [5.74, 6) is 0.778. The predicted molar refractivity (Wildman–Crippen MR) is 121 cm³/mol. The lowest BCUT2D eigenvalue weighted by Gasteiger charge is -2.31. The number of carbonyl (C=O) groups is 1. The van der Waals surface area contributed by atoms with Gasteiger partial charge < -0.3 is 20.3 Å². The molecular formula is C20H31F2IN4O2. The second-order valence-corrected chi connectivity index (χ2v) is 7.46. The molecule has 0 spiro atoms. The van der Waals surface area contributed by atoms with Crippen molar-refractivity contribution in [3.05, 3.63) is 29.3 Å². The number of amides is 1. The van der Waals surface area contributed by atoms with Crippen LogP contribution in [0.5, 0.6) is 5.75 Å². The van der Waals surface area contributed by atoms with E-state index >= 15 is 0 Å². The first kappa shape index (κ1) is 25.4. The van der Waals surface area contributed by atoms with Crippen molar-refractivity contribution in [2.24, 2.45) is 10.4 Å². The molecule has 6 nitrogen and oxygen atoms in total. The first-order valence-electron chi connectivity index (χ1n) is 9.48. The molecule has 0 radical (unpaired) electrons.